The van der Waals surface area contributed by atoms with Crippen LogP contribution in [0.5, 0.6) is 0 Å². The number of ether oxygens (including phenoxy) is 1. The van der Waals surface area contributed by atoms with E-state index in [-0.39, 0.29) is 22.7 Å². The minimum atomic E-state index is -0.222. The molecule has 5 aliphatic rings. The van der Waals surface area contributed by atoms with Crippen LogP contribution in [0, 0.1) is 34.5 Å². The molecule has 32 heavy (non-hydrogen) atoms. The predicted molar refractivity (Wildman–Crippen MR) is 125 cm³/mol. The minimum Gasteiger partial charge on any atom is -0.428 e. The second-order valence-corrected chi connectivity index (χ2v) is 11.4. The Morgan fingerprint density at radius 3 is 2.69 bits per heavy atom. The SMILES string of the molecule is CC(=O)[C@H]1CC[C@H]2[C@@H]3CC=C4C=C(OC(=O)C5=CN(C)C=CC5)CC[C@]4(C)[C@H]3CC[C@]12C. The van der Waals surface area contributed by atoms with Crippen molar-refractivity contribution in [3.8, 4) is 0 Å². The van der Waals surface area contributed by atoms with Gasteiger partial charge in [0.1, 0.15) is 11.5 Å². The number of esters is 1. The van der Waals surface area contributed by atoms with E-state index in [1.807, 2.05) is 30.4 Å². The van der Waals surface area contributed by atoms with Gasteiger partial charge in [-0.25, -0.2) is 4.79 Å². The molecule has 2 saturated carbocycles. The quantitative estimate of drug-likeness (QED) is 0.516. The molecule has 0 bridgehead atoms. The van der Waals surface area contributed by atoms with E-state index in [1.54, 1.807) is 6.92 Å². The summed E-state index contributed by atoms with van der Waals surface area (Å²) in [4.78, 5) is 26.9. The summed E-state index contributed by atoms with van der Waals surface area (Å²) in [5.41, 5.74) is 2.42. The maximum Gasteiger partial charge on any atom is 0.340 e. The summed E-state index contributed by atoms with van der Waals surface area (Å²) in [5, 5.41) is 0. The predicted octanol–water partition coefficient (Wildman–Crippen LogP) is 5.92. The molecule has 4 nitrogen and oxygen atoms in total. The second-order valence-electron chi connectivity index (χ2n) is 11.4. The van der Waals surface area contributed by atoms with Crippen LogP contribution in [0.3, 0.4) is 0 Å². The number of carbonyl (C=O) groups is 2. The molecular formula is C28H37NO3. The fourth-order valence-electron chi connectivity index (χ4n) is 8.06. The van der Waals surface area contributed by atoms with Crippen LogP contribution in [-0.4, -0.2) is 23.7 Å². The van der Waals surface area contributed by atoms with Gasteiger partial charge in [-0.2, -0.15) is 0 Å². The van der Waals surface area contributed by atoms with Gasteiger partial charge < -0.3 is 9.64 Å². The molecule has 1 aliphatic heterocycles. The lowest BCUT2D eigenvalue weighted by Gasteiger charge is -2.56. The largest absolute Gasteiger partial charge is 0.428 e. The molecule has 0 saturated heterocycles. The normalized spacial score (nSPS) is 40.4. The monoisotopic (exact) mass is 435 g/mol. The van der Waals surface area contributed by atoms with Gasteiger partial charge in [0.15, 0.2) is 0 Å². The molecule has 4 heteroatoms. The summed E-state index contributed by atoms with van der Waals surface area (Å²) < 4.78 is 5.85. The summed E-state index contributed by atoms with van der Waals surface area (Å²) in [6.45, 7) is 6.64. The molecule has 6 atom stereocenters. The van der Waals surface area contributed by atoms with Crippen molar-refractivity contribution >= 4 is 11.8 Å². The molecule has 5 rings (SSSR count). The summed E-state index contributed by atoms with van der Waals surface area (Å²) in [5.74, 6) is 3.25. The number of nitrogens with zero attached hydrogens (tertiary/aromatic N) is 1. The third-order valence-electron chi connectivity index (χ3n) is 9.75. The van der Waals surface area contributed by atoms with Crippen molar-refractivity contribution < 1.29 is 14.3 Å². The second kappa shape index (κ2) is 7.74. The Hall–Kier alpha value is -2.10. The van der Waals surface area contributed by atoms with Gasteiger partial charge in [0.25, 0.3) is 0 Å². The molecule has 0 aromatic rings. The fourth-order valence-corrected chi connectivity index (χ4v) is 8.06. The molecule has 0 unspecified atom stereocenters. The number of carbonyl (C=O) groups excluding carboxylic acids is 2. The third-order valence-corrected chi connectivity index (χ3v) is 9.75. The number of rotatable bonds is 3. The number of hydrogen-bond acceptors (Lipinski definition) is 4. The van der Waals surface area contributed by atoms with Crippen LogP contribution in [0.2, 0.25) is 0 Å². The number of fused-ring (bicyclic) bond motifs is 5. The molecular weight excluding hydrogens is 398 g/mol. The molecule has 2 fully saturated rings. The zero-order chi connectivity index (χ0) is 22.7. The van der Waals surface area contributed by atoms with E-state index in [2.05, 4.69) is 26.0 Å². The highest BCUT2D eigenvalue weighted by Crippen LogP contribution is 2.66. The zero-order valence-corrected chi connectivity index (χ0v) is 20.0. The Morgan fingerprint density at radius 1 is 1.12 bits per heavy atom. The van der Waals surface area contributed by atoms with Gasteiger partial charge in [-0.05, 0) is 91.9 Å². The Bertz CT molecular complexity index is 956. The first-order chi connectivity index (χ1) is 15.2. The van der Waals surface area contributed by atoms with Crippen molar-refractivity contribution in [3.63, 3.8) is 0 Å². The number of Topliss-reactive ketones (excluding diaryl/α,β-unsaturated/α-hetero) is 1. The lowest BCUT2D eigenvalue weighted by Crippen LogP contribution is -2.49. The standard InChI is InChI=1S/C28H37NO3/c1-18(30)23-9-10-24-22-8-7-20-16-21(32-26(31)19-6-5-15-29(4)17-19)11-13-27(20,2)25(22)12-14-28(23,24)3/h5,7,15-17,22-25H,6,8-14H2,1-4H3/t22-,23+,24-,25-,27-,28+/m0/s1. The third kappa shape index (κ3) is 3.33. The fraction of sp³-hybridized carbons (Fsp3) is 0.643. The number of allylic oxidation sites excluding steroid dienone is 5. The zero-order valence-electron chi connectivity index (χ0n) is 20.0. The van der Waals surface area contributed by atoms with Gasteiger partial charge >= 0.3 is 5.97 Å². The average Bonchev–Trinajstić information content (AvgIpc) is 3.11. The van der Waals surface area contributed by atoms with Crippen LogP contribution in [-0.2, 0) is 14.3 Å². The molecule has 0 amide bonds. The van der Waals surface area contributed by atoms with Crippen LogP contribution < -0.4 is 0 Å². The lowest BCUT2D eigenvalue weighted by molar-refractivity contribution is -0.136. The first-order valence-corrected chi connectivity index (χ1v) is 12.5. The molecule has 0 aromatic carbocycles. The Kier molecular flexibility index (Phi) is 5.26. The first-order valence-electron chi connectivity index (χ1n) is 12.5. The van der Waals surface area contributed by atoms with Gasteiger partial charge in [-0.1, -0.05) is 26.0 Å². The van der Waals surface area contributed by atoms with Crippen molar-refractivity contribution in [2.24, 2.45) is 34.5 Å². The van der Waals surface area contributed by atoms with Gasteiger partial charge in [-0.15, -0.1) is 0 Å². The maximum atomic E-state index is 12.7. The molecule has 172 valence electrons. The van der Waals surface area contributed by atoms with E-state index < -0.39 is 0 Å². The van der Waals surface area contributed by atoms with E-state index in [9.17, 15) is 9.59 Å². The van der Waals surface area contributed by atoms with Gasteiger partial charge in [0.2, 0.25) is 0 Å². The van der Waals surface area contributed by atoms with Crippen molar-refractivity contribution in [2.45, 2.75) is 72.1 Å². The molecule has 1 heterocycles. The summed E-state index contributed by atoms with van der Waals surface area (Å²) in [6, 6.07) is 0. The molecule has 4 aliphatic carbocycles. The summed E-state index contributed by atoms with van der Waals surface area (Å²) in [6.07, 6.45) is 18.7. The van der Waals surface area contributed by atoms with E-state index in [4.69, 9.17) is 4.74 Å². The molecule has 0 spiro atoms. The van der Waals surface area contributed by atoms with Crippen LogP contribution in [0.25, 0.3) is 0 Å². The molecule has 0 aromatic heterocycles. The molecule has 0 N–H and O–H groups in total. The van der Waals surface area contributed by atoms with Crippen LogP contribution in [0.4, 0.5) is 0 Å². The molecule has 0 radical (unpaired) electrons. The summed E-state index contributed by atoms with van der Waals surface area (Å²) in [7, 11) is 1.93. The van der Waals surface area contributed by atoms with Crippen molar-refractivity contribution in [1.82, 2.24) is 4.90 Å². The Morgan fingerprint density at radius 2 is 1.94 bits per heavy atom. The highest BCUT2D eigenvalue weighted by molar-refractivity contribution is 5.89. The van der Waals surface area contributed by atoms with Gasteiger partial charge in [0.05, 0.1) is 5.57 Å². The van der Waals surface area contributed by atoms with Crippen molar-refractivity contribution in [1.29, 1.82) is 0 Å². The van der Waals surface area contributed by atoms with Gasteiger partial charge in [0, 0.05) is 32.0 Å². The van der Waals surface area contributed by atoms with E-state index in [0.717, 1.165) is 31.4 Å². The maximum absolute atomic E-state index is 12.7. The highest BCUT2D eigenvalue weighted by atomic mass is 16.5. The van der Waals surface area contributed by atoms with E-state index in [0.29, 0.717) is 35.5 Å². The van der Waals surface area contributed by atoms with Crippen molar-refractivity contribution in [2.75, 3.05) is 7.05 Å². The average molecular weight is 436 g/mol. The summed E-state index contributed by atoms with van der Waals surface area (Å²) >= 11 is 0. The highest BCUT2D eigenvalue weighted by Gasteiger charge is 2.59. The Balaban J connectivity index is 1.35. The van der Waals surface area contributed by atoms with Crippen LogP contribution in [0.1, 0.15) is 72.1 Å². The van der Waals surface area contributed by atoms with Crippen LogP contribution in [0.15, 0.2) is 47.5 Å². The number of hydrogen-bond donors (Lipinski definition) is 0. The van der Waals surface area contributed by atoms with Crippen LogP contribution >= 0.6 is 0 Å². The lowest BCUT2D eigenvalue weighted by atomic mass is 9.48. The Labute approximate surface area is 192 Å². The first kappa shape index (κ1) is 21.7. The topological polar surface area (TPSA) is 46.6 Å². The van der Waals surface area contributed by atoms with E-state index in [1.165, 1.54) is 24.8 Å². The van der Waals surface area contributed by atoms with Crippen molar-refractivity contribution in [3.05, 3.63) is 47.5 Å². The minimum absolute atomic E-state index is 0.154. The van der Waals surface area contributed by atoms with E-state index >= 15 is 0 Å². The number of ketones is 1. The van der Waals surface area contributed by atoms with Gasteiger partial charge in [-0.3, -0.25) is 4.79 Å². The smallest absolute Gasteiger partial charge is 0.340 e.